The number of carbonyl (C=O) groups is 2. The molecule has 4 heteroatoms. The van der Waals surface area contributed by atoms with E-state index in [4.69, 9.17) is 9.84 Å². The Labute approximate surface area is 218 Å². The van der Waals surface area contributed by atoms with Gasteiger partial charge in [-0.05, 0) is 12.8 Å². The van der Waals surface area contributed by atoms with Crippen LogP contribution < -0.4 is 0 Å². The van der Waals surface area contributed by atoms with E-state index in [1.165, 1.54) is 135 Å². The molecule has 0 aromatic rings. The molecule has 0 aliphatic carbocycles. The molecule has 0 aromatic heterocycles. The highest BCUT2D eigenvalue weighted by molar-refractivity contribution is 5.77. The van der Waals surface area contributed by atoms with Crippen LogP contribution in [0.2, 0.25) is 0 Å². The molecule has 4 nitrogen and oxygen atoms in total. The first-order valence-corrected chi connectivity index (χ1v) is 15.5. The number of ether oxygens (including phenoxy) is 1. The largest absolute Gasteiger partial charge is 0.479 e. The van der Waals surface area contributed by atoms with Crippen molar-refractivity contribution in [3.8, 4) is 0 Å². The topological polar surface area (TPSA) is 63.6 Å². The molecule has 0 saturated carbocycles. The van der Waals surface area contributed by atoms with Crippen molar-refractivity contribution in [2.75, 3.05) is 0 Å². The lowest BCUT2D eigenvalue weighted by Gasteiger charge is -2.11. The molecule has 1 unspecified atom stereocenters. The zero-order chi connectivity index (χ0) is 25.8. The Kier molecular flexibility index (Phi) is 26.7. The lowest BCUT2D eigenvalue weighted by atomic mass is 10.0. The van der Waals surface area contributed by atoms with E-state index in [-0.39, 0.29) is 5.97 Å². The molecule has 35 heavy (non-hydrogen) atoms. The van der Waals surface area contributed by atoms with E-state index in [1.807, 2.05) is 0 Å². The summed E-state index contributed by atoms with van der Waals surface area (Å²) < 4.78 is 4.97. The average Bonchev–Trinajstić information content (AvgIpc) is 2.85. The number of aliphatic carboxylic acids is 1. The highest BCUT2D eigenvalue weighted by atomic mass is 16.6. The van der Waals surface area contributed by atoms with Gasteiger partial charge in [-0.25, -0.2) is 4.79 Å². The lowest BCUT2D eigenvalue weighted by molar-refractivity contribution is -0.164. The molecule has 0 aliphatic heterocycles. The number of carboxylic acid groups (broad SMARTS) is 1. The molecule has 0 rings (SSSR count). The highest BCUT2D eigenvalue weighted by Crippen LogP contribution is 2.16. The van der Waals surface area contributed by atoms with Gasteiger partial charge in [0.2, 0.25) is 0 Å². The van der Waals surface area contributed by atoms with Crippen molar-refractivity contribution in [1.29, 1.82) is 0 Å². The number of carbonyl (C=O) groups excluding carboxylic acids is 1. The Morgan fingerprint density at radius 3 is 1.06 bits per heavy atom. The van der Waals surface area contributed by atoms with Crippen LogP contribution >= 0.6 is 0 Å². The molecule has 0 saturated heterocycles. The minimum absolute atomic E-state index is 0.320. The fraction of sp³-hybridized carbons (Fsp3) is 0.935. The summed E-state index contributed by atoms with van der Waals surface area (Å²) in [5.41, 5.74) is 0. The van der Waals surface area contributed by atoms with Crippen molar-refractivity contribution in [2.45, 2.75) is 187 Å². The quantitative estimate of drug-likeness (QED) is 0.0864. The number of unbranched alkanes of at least 4 members (excludes halogenated alkanes) is 23. The van der Waals surface area contributed by atoms with Crippen LogP contribution in [0, 0.1) is 0 Å². The molecule has 0 aliphatic rings. The molecule has 0 bridgehead atoms. The Morgan fingerprint density at radius 1 is 0.514 bits per heavy atom. The van der Waals surface area contributed by atoms with Crippen LogP contribution in [0.5, 0.6) is 0 Å². The lowest BCUT2D eigenvalue weighted by Crippen LogP contribution is -2.26. The molecule has 1 atom stereocenters. The Bertz CT molecular complexity index is 463. The second kappa shape index (κ2) is 27.5. The van der Waals surface area contributed by atoms with E-state index in [1.54, 1.807) is 6.92 Å². The molecule has 0 heterocycles. The highest BCUT2D eigenvalue weighted by Gasteiger charge is 2.19. The first kappa shape index (κ1) is 33.9. The van der Waals surface area contributed by atoms with Crippen LogP contribution in [0.3, 0.4) is 0 Å². The summed E-state index contributed by atoms with van der Waals surface area (Å²) in [6.45, 7) is 4.00. The van der Waals surface area contributed by atoms with Crippen LogP contribution in [-0.4, -0.2) is 23.1 Å². The minimum Gasteiger partial charge on any atom is -0.479 e. The van der Waals surface area contributed by atoms with Crippen LogP contribution in [0.4, 0.5) is 0 Å². The fourth-order valence-electron chi connectivity index (χ4n) is 4.76. The number of esters is 1. The summed E-state index contributed by atoms with van der Waals surface area (Å²) in [5.74, 6) is -1.43. The van der Waals surface area contributed by atoms with Gasteiger partial charge in [0, 0.05) is 6.42 Å². The van der Waals surface area contributed by atoms with E-state index >= 15 is 0 Å². The molecule has 0 fully saturated rings. The van der Waals surface area contributed by atoms with Gasteiger partial charge in [0.25, 0.3) is 0 Å². The monoisotopic (exact) mass is 496 g/mol. The first-order chi connectivity index (χ1) is 17.1. The molecule has 0 radical (unpaired) electrons. The molecule has 208 valence electrons. The van der Waals surface area contributed by atoms with Gasteiger partial charge in [-0.3, -0.25) is 4.79 Å². The Hall–Kier alpha value is -1.06. The zero-order valence-electron chi connectivity index (χ0n) is 23.6. The van der Waals surface area contributed by atoms with Crippen LogP contribution in [-0.2, 0) is 14.3 Å². The second-order valence-electron chi connectivity index (χ2n) is 10.6. The molecular formula is C31H60O4. The number of rotatable bonds is 28. The number of hydrogen-bond donors (Lipinski definition) is 1. The Morgan fingerprint density at radius 2 is 0.800 bits per heavy atom. The maximum atomic E-state index is 11.7. The third-order valence-electron chi connectivity index (χ3n) is 7.15. The second-order valence-corrected chi connectivity index (χ2v) is 10.6. The summed E-state index contributed by atoms with van der Waals surface area (Å²) in [7, 11) is 0. The van der Waals surface area contributed by atoms with E-state index < -0.39 is 12.1 Å². The third-order valence-corrected chi connectivity index (χ3v) is 7.15. The predicted molar refractivity (Wildman–Crippen MR) is 149 cm³/mol. The van der Waals surface area contributed by atoms with Gasteiger partial charge < -0.3 is 9.84 Å². The van der Waals surface area contributed by atoms with Crippen molar-refractivity contribution in [3.63, 3.8) is 0 Å². The van der Waals surface area contributed by atoms with Crippen LogP contribution in [0.1, 0.15) is 181 Å². The van der Waals surface area contributed by atoms with Gasteiger partial charge in [0.15, 0.2) is 6.10 Å². The maximum Gasteiger partial charge on any atom is 0.345 e. The molecule has 1 N–H and O–H groups in total. The molecular weight excluding hydrogens is 436 g/mol. The summed E-state index contributed by atoms with van der Waals surface area (Å²) in [6.07, 6.45) is 32.2. The summed E-state index contributed by atoms with van der Waals surface area (Å²) in [5, 5.41) is 8.91. The Balaban J connectivity index is 3.17. The van der Waals surface area contributed by atoms with Crippen molar-refractivity contribution in [2.24, 2.45) is 0 Å². The first-order valence-electron chi connectivity index (χ1n) is 15.5. The van der Waals surface area contributed by atoms with E-state index in [0.29, 0.717) is 12.8 Å². The van der Waals surface area contributed by atoms with Gasteiger partial charge in [-0.1, -0.05) is 162 Å². The van der Waals surface area contributed by atoms with E-state index in [9.17, 15) is 9.59 Å². The predicted octanol–water partition coefficient (Wildman–Crippen LogP) is 10.2. The smallest absolute Gasteiger partial charge is 0.345 e. The van der Waals surface area contributed by atoms with Gasteiger partial charge in [0.05, 0.1) is 0 Å². The summed E-state index contributed by atoms with van der Waals surface area (Å²) in [4.78, 5) is 22.5. The van der Waals surface area contributed by atoms with Crippen molar-refractivity contribution >= 4 is 11.9 Å². The maximum absolute atomic E-state index is 11.7. The number of hydrogen-bond acceptors (Lipinski definition) is 3. The van der Waals surface area contributed by atoms with E-state index in [0.717, 1.165) is 19.3 Å². The summed E-state index contributed by atoms with van der Waals surface area (Å²) >= 11 is 0. The SMILES string of the molecule is CCCCCCCCCCCCCCCCCCCCCCCCCCC(=O)OC(CC)C(=O)O. The number of carboxylic acids is 1. The molecule has 0 amide bonds. The third kappa shape index (κ3) is 25.8. The summed E-state index contributed by atoms with van der Waals surface area (Å²) in [6, 6.07) is 0. The average molecular weight is 497 g/mol. The van der Waals surface area contributed by atoms with Gasteiger partial charge in [0.1, 0.15) is 0 Å². The standard InChI is InChI=1S/C31H60O4/c1-3-5-6-7-8-9-10-11-12-13-14-15-16-17-18-19-20-21-22-23-24-25-26-27-28-30(32)35-29(4-2)31(33)34/h29H,3-28H2,1-2H3,(H,33,34). The van der Waals surface area contributed by atoms with Crippen molar-refractivity contribution in [3.05, 3.63) is 0 Å². The fourth-order valence-corrected chi connectivity index (χ4v) is 4.76. The minimum atomic E-state index is -1.06. The van der Waals surface area contributed by atoms with Crippen LogP contribution in [0.15, 0.2) is 0 Å². The van der Waals surface area contributed by atoms with E-state index in [2.05, 4.69) is 6.92 Å². The normalized spacial score (nSPS) is 12.1. The molecule has 0 aromatic carbocycles. The van der Waals surface area contributed by atoms with Crippen molar-refractivity contribution < 1.29 is 19.4 Å². The van der Waals surface area contributed by atoms with Gasteiger partial charge >= 0.3 is 11.9 Å². The van der Waals surface area contributed by atoms with Crippen LogP contribution in [0.25, 0.3) is 0 Å². The van der Waals surface area contributed by atoms with Crippen molar-refractivity contribution in [1.82, 2.24) is 0 Å². The zero-order valence-corrected chi connectivity index (χ0v) is 23.6. The van der Waals surface area contributed by atoms with Gasteiger partial charge in [-0.15, -0.1) is 0 Å². The molecule has 0 spiro atoms. The van der Waals surface area contributed by atoms with Gasteiger partial charge in [-0.2, -0.15) is 0 Å².